The molecule has 1 N–H and O–H groups in total. The van der Waals surface area contributed by atoms with Crippen molar-refractivity contribution in [2.75, 3.05) is 11.9 Å². The lowest BCUT2D eigenvalue weighted by Crippen LogP contribution is -2.20. The Hall–Kier alpha value is -2.38. The number of aryl methyl sites for hydroxylation is 4. The Balaban J connectivity index is 1.52. The summed E-state index contributed by atoms with van der Waals surface area (Å²) in [4.78, 5) is 12.2. The smallest absolute Gasteiger partial charge is 0.264 e. The highest BCUT2D eigenvalue weighted by Crippen LogP contribution is 2.29. The van der Waals surface area contributed by atoms with Crippen LogP contribution in [0.4, 0.5) is 5.13 Å². The molecule has 1 aromatic heterocycles. The molecule has 0 bridgehead atoms. The van der Waals surface area contributed by atoms with Crippen LogP contribution in [0, 0.1) is 27.7 Å². The Labute approximate surface area is 173 Å². The molecule has 0 radical (unpaired) electrons. The molecule has 0 fully saturated rings. The number of amides is 1. The minimum absolute atomic E-state index is 0.0595. The minimum atomic E-state index is -0.244. The van der Waals surface area contributed by atoms with Gasteiger partial charge in [0.05, 0.1) is 0 Å². The monoisotopic (exact) mass is 413 g/mol. The Morgan fingerprint density at radius 2 is 1.79 bits per heavy atom. The van der Waals surface area contributed by atoms with Crippen molar-refractivity contribution in [1.29, 1.82) is 0 Å². The molecule has 0 unspecified atom stereocenters. The molecule has 0 spiro atoms. The first-order valence-electron chi connectivity index (χ1n) is 8.93. The standard InChI is InChI=1S/C21H23N3O2S2/c1-13-9-15(3)19(16(4)10-13)26-11-18(25)22-20-23-24-21(28-20)27-12-17-8-6-5-7-14(17)2/h5-10H,11-12H2,1-4H3,(H,22,23,25). The van der Waals surface area contributed by atoms with Gasteiger partial charge in [0.15, 0.2) is 10.9 Å². The van der Waals surface area contributed by atoms with Crippen molar-refractivity contribution in [3.05, 3.63) is 64.2 Å². The maximum atomic E-state index is 12.2. The van der Waals surface area contributed by atoms with Gasteiger partial charge in [-0.1, -0.05) is 65.1 Å². The Morgan fingerprint density at radius 3 is 2.50 bits per heavy atom. The highest BCUT2D eigenvalue weighted by atomic mass is 32.2. The third kappa shape index (κ3) is 5.33. The van der Waals surface area contributed by atoms with Crippen molar-refractivity contribution in [2.24, 2.45) is 0 Å². The maximum Gasteiger partial charge on any atom is 0.264 e. The SMILES string of the molecule is Cc1cc(C)c(OCC(=O)Nc2nnc(SCc3ccccc3C)s2)c(C)c1. The molecule has 0 aliphatic rings. The van der Waals surface area contributed by atoms with Crippen LogP contribution in [0.25, 0.3) is 0 Å². The summed E-state index contributed by atoms with van der Waals surface area (Å²) >= 11 is 2.98. The average molecular weight is 414 g/mol. The number of hydrogen-bond donors (Lipinski definition) is 1. The predicted molar refractivity (Wildman–Crippen MR) is 115 cm³/mol. The number of rotatable bonds is 7. The second-order valence-electron chi connectivity index (χ2n) is 6.65. The zero-order chi connectivity index (χ0) is 20.1. The zero-order valence-electron chi connectivity index (χ0n) is 16.4. The van der Waals surface area contributed by atoms with E-state index < -0.39 is 0 Å². The van der Waals surface area contributed by atoms with Crippen LogP contribution < -0.4 is 10.1 Å². The van der Waals surface area contributed by atoms with Crippen LogP contribution in [0.5, 0.6) is 5.75 Å². The molecule has 2 aromatic carbocycles. The van der Waals surface area contributed by atoms with Crippen LogP contribution in [0.1, 0.15) is 27.8 Å². The Bertz CT molecular complexity index is 962. The number of ether oxygens (including phenoxy) is 1. The van der Waals surface area contributed by atoms with Gasteiger partial charge in [0, 0.05) is 5.75 Å². The fraction of sp³-hybridized carbons (Fsp3) is 0.286. The second kappa shape index (κ2) is 9.21. The third-order valence-corrected chi connectivity index (χ3v) is 6.24. The van der Waals surface area contributed by atoms with Crippen LogP contribution in [0.2, 0.25) is 0 Å². The largest absolute Gasteiger partial charge is 0.483 e. The molecule has 28 heavy (non-hydrogen) atoms. The first-order valence-corrected chi connectivity index (χ1v) is 10.7. The van der Waals surface area contributed by atoms with E-state index in [0.29, 0.717) is 5.13 Å². The van der Waals surface area contributed by atoms with Gasteiger partial charge in [0.1, 0.15) is 5.75 Å². The topological polar surface area (TPSA) is 64.1 Å². The number of hydrogen-bond acceptors (Lipinski definition) is 6. The van der Waals surface area contributed by atoms with Crippen LogP contribution >= 0.6 is 23.1 Å². The van der Waals surface area contributed by atoms with Crippen LogP contribution in [0.3, 0.4) is 0 Å². The van der Waals surface area contributed by atoms with Gasteiger partial charge in [0.25, 0.3) is 5.91 Å². The summed E-state index contributed by atoms with van der Waals surface area (Å²) in [6, 6.07) is 12.4. The fourth-order valence-electron chi connectivity index (χ4n) is 2.92. The van der Waals surface area contributed by atoms with E-state index in [4.69, 9.17) is 4.74 Å². The van der Waals surface area contributed by atoms with Crippen molar-refractivity contribution < 1.29 is 9.53 Å². The highest BCUT2D eigenvalue weighted by Gasteiger charge is 2.12. The number of carbonyl (C=O) groups excluding carboxylic acids is 1. The lowest BCUT2D eigenvalue weighted by molar-refractivity contribution is -0.118. The number of aromatic nitrogens is 2. The summed E-state index contributed by atoms with van der Waals surface area (Å²) in [7, 11) is 0. The molecular weight excluding hydrogens is 390 g/mol. The third-order valence-electron chi connectivity index (χ3n) is 4.22. The van der Waals surface area contributed by atoms with E-state index in [1.54, 1.807) is 11.8 Å². The predicted octanol–water partition coefficient (Wildman–Crippen LogP) is 5.08. The van der Waals surface area contributed by atoms with E-state index in [0.717, 1.165) is 27.0 Å². The van der Waals surface area contributed by atoms with Crippen molar-refractivity contribution in [3.8, 4) is 5.75 Å². The van der Waals surface area contributed by atoms with Crippen LogP contribution in [-0.4, -0.2) is 22.7 Å². The molecule has 3 rings (SSSR count). The number of thioether (sulfide) groups is 1. The average Bonchev–Trinajstić information content (AvgIpc) is 3.07. The molecule has 0 atom stereocenters. The number of carbonyl (C=O) groups is 1. The first-order chi connectivity index (χ1) is 13.4. The summed E-state index contributed by atoms with van der Waals surface area (Å²) < 4.78 is 6.54. The summed E-state index contributed by atoms with van der Waals surface area (Å²) in [6.07, 6.45) is 0. The van der Waals surface area contributed by atoms with Crippen molar-refractivity contribution in [2.45, 2.75) is 37.8 Å². The molecule has 3 aromatic rings. The molecule has 0 aliphatic carbocycles. The Morgan fingerprint density at radius 1 is 1.07 bits per heavy atom. The molecule has 0 saturated carbocycles. The molecule has 1 heterocycles. The molecule has 0 saturated heterocycles. The molecule has 7 heteroatoms. The second-order valence-corrected chi connectivity index (χ2v) is 8.85. The van der Waals surface area contributed by atoms with Crippen LogP contribution in [0.15, 0.2) is 40.7 Å². The van der Waals surface area contributed by atoms with Gasteiger partial charge in [-0.2, -0.15) is 0 Å². The van der Waals surface area contributed by atoms with Gasteiger partial charge in [-0.25, -0.2) is 0 Å². The van der Waals surface area contributed by atoms with E-state index in [1.165, 1.54) is 28.0 Å². The summed E-state index contributed by atoms with van der Waals surface area (Å²) in [5.74, 6) is 1.34. The van der Waals surface area contributed by atoms with Gasteiger partial charge in [-0.3, -0.25) is 10.1 Å². The van der Waals surface area contributed by atoms with Gasteiger partial charge in [0.2, 0.25) is 5.13 Å². The summed E-state index contributed by atoms with van der Waals surface area (Å²) in [5, 5.41) is 11.4. The van der Waals surface area contributed by atoms with E-state index in [9.17, 15) is 4.79 Å². The molecule has 146 valence electrons. The number of nitrogens with one attached hydrogen (secondary N) is 1. The maximum absolute atomic E-state index is 12.2. The van der Waals surface area contributed by atoms with Crippen molar-refractivity contribution >= 4 is 34.1 Å². The van der Waals surface area contributed by atoms with Crippen LogP contribution in [-0.2, 0) is 10.5 Å². The van der Waals surface area contributed by atoms with Crippen molar-refractivity contribution in [1.82, 2.24) is 10.2 Å². The van der Waals surface area contributed by atoms with Crippen molar-refractivity contribution in [3.63, 3.8) is 0 Å². The first kappa shape index (κ1) is 20.4. The fourth-order valence-corrected chi connectivity index (χ4v) is 4.76. The van der Waals surface area contributed by atoms with E-state index in [2.05, 4.69) is 34.6 Å². The summed E-state index contributed by atoms with van der Waals surface area (Å²) in [6.45, 7) is 8.04. The van der Waals surface area contributed by atoms with E-state index in [1.807, 2.05) is 45.0 Å². The number of nitrogens with zero attached hydrogens (tertiary/aromatic N) is 2. The minimum Gasteiger partial charge on any atom is -0.483 e. The Kier molecular flexibility index (Phi) is 6.70. The van der Waals surface area contributed by atoms with Gasteiger partial charge in [-0.05, 0) is 49.9 Å². The highest BCUT2D eigenvalue weighted by molar-refractivity contribution is 8.00. The number of benzene rings is 2. The zero-order valence-corrected chi connectivity index (χ0v) is 18.0. The number of anilines is 1. The lowest BCUT2D eigenvalue weighted by atomic mass is 10.1. The molecule has 5 nitrogen and oxygen atoms in total. The van der Waals surface area contributed by atoms with Gasteiger partial charge < -0.3 is 4.74 Å². The van der Waals surface area contributed by atoms with E-state index >= 15 is 0 Å². The van der Waals surface area contributed by atoms with E-state index in [-0.39, 0.29) is 12.5 Å². The molecule has 1 amide bonds. The van der Waals surface area contributed by atoms with Gasteiger partial charge >= 0.3 is 0 Å². The van der Waals surface area contributed by atoms with Gasteiger partial charge in [-0.15, -0.1) is 10.2 Å². The summed E-state index contributed by atoms with van der Waals surface area (Å²) in [5.41, 5.74) is 5.75. The molecular formula is C21H23N3O2S2. The quantitative estimate of drug-likeness (QED) is 0.432. The molecule has 0 aliphatic heterocycles. The lowest BCUT2D eigenvalue weighted by Gasteiger charge is -2.12. The normalized spacial score (nSPS) is 10.7.